The average molecular weight is 347 g/mol. The quantitative estimate of drug-likeness (QED) is 0.918. The summed E-state index contributed by atoms with van der Waals surface area (Å²) in [7, 11) is 3.87. The molecule has 0 spiro atoms. The Labute approximate surface area is 145 Å². The maximum Gasteiger partial charge on any atom is 0.256 e. The van der Waals surface area contributed by atoms with E-state index in [9.17, 15) is 9.90 Å². The number of rotatable bonds is 3. The van der Waals surface area contributed by atoms with Crippen LogP contribution >= 0.6 is 11.6 Å². The molecule has 1 aromatic carbocycles. The molecule has 0 fully saturated rings. The van der Waals surface area contributed by atoms with E-state index in [1.165, 1.54) is 6.33 Å². The van der Waals surface area contributed by atoms with Crippen LogP contribution in [0.4, 0.5) is 5.82 Å². The van der Waals surface area contributed by atoms with Gasteiger partial charge >= 0.3 is 0 Å². The van der Waals surface area contributed by atoms with E-state index in [-0.39, 0.29) is 5.91 Å². The number of hydrogen-bond donors (Lipinski definition) is 1. The molecule has 6 nitrogen and oxygen atoms in total. The summed E-state index contributed by atoms with van der Waals surface area (Å²) >= 11 is 5.85. The van der Waals surface area contributed by atoms with E-state index in [4.69, 9.17) is 11.6 Å². The first-order chi connectivity index (χ1) is 11.5. The second-order valence-corrected chi connectivity index (χ2v) is 6.42. The summed E-state index contributed by atoms with van der Waals surface area (Å²) in [5, 5.41) is 10.9. The topological polar surface area (TPSA) is 69.6 Å². The Morgan fingerprint density at radius 2 is 2.00 bits per heavy atom. The molecule has 0 unspecified atom stereocenters. The lowest BCUT2D eigenvalue weighted by Crippen LogP contribution is -2.40. The van der Waals surface area contributed by atoms with Gasteiger partial charge in [-0.1, -0.05) is 23.7 Å². The summed E-state index contributed by atoms with van der Waals surface area (Å²) in [6.45, 7) is 0.910. The molecule has 1 N–H and O–H groups in total. The lowest BCUT2D eigenvalue weighted by Gasteiger charge is -2.31. The molecule has 0 bridgehead atoms. The van der Waals surface area contributed by atoms with E-state index in [1.54, 1.807) is 29.2 Å². The predicted molar refractivity (Wildman–Crippen MR) is 91.9 cm³/mol. The molecule has 7 heteroatoms. The molecule has 0 aliphatic carbocycles. The zero-order valence-corrected chi connectivity index (χ0v) is 14.4. The summed E-state index contributed by atoms with van der Waals surface area (Å²) in [6.07, 6.45) is 0.986. The largest absolute Gasteiger partial charge is 0.378 e. The molecule has 1 amide bonds. The maximum absolute atomic E-state index is 12.6. The summed E-state index contributed by atoms with van der Waals surface area (Å²) < 4.78 is 0. The standard InChI is InChI=1S/C17H19ClN4O2/c1-21(2)16-13-7-8-22(9-14(13)19-10-20-16)17(24)15(23)11-3-5-12(18)6-4-11/h3-6,10,15,23H,7-9H2,1-2H3/t15-/m0/s1. The van der Waals surface area contributed by atoms with Crippen molar-refractivity contribution in [2.45, 2.75) is 19.1 Å². The van der Waals surface area contributed by atoms with Crippen LogP contribution in [0.5, 0.6) is 0 Å². The van der Waals surface area contributed by atoms with Crippen molar-refractivity contribution in [1.82, 2.24) is 14.9 Å². The first kappa shape index (κ1) is 16.7. The second-order valence-electron chi connectivity index (χ2n) is 5.98. The van der Waals surface area contributed by atoms with Gasteiger partial charge in [0.15, 0.2) is 6.10 Å². The molecular weight excluding hydrogens is 328 g/mol. The van der Waals surface area contributed by atoms with Gasteiger partial charge in [-0.15, -0.1) is 0 Å². The summed E-state index contributed by atoms with van der Waals surface area (Å²) in [6, 6.07) is 6.65. The molecule has 3 rings (SSSR count). The highest BCUT2D eigenvalue weighted by molar-refractivity contribution is 6.30. The average Bonchev–Trinajstić information content (AvgIpc) is 2.60. The molecule has 0 radical (unpaired) electrons. The smallest absolute Gasteiger partial charge is 0.256 e. The number of aliphatic hydroxyl groups is 1. The Morgan fingerprint density at radius 3 is 2.67 bits per heavy atom. The minimum Gasteiger partial charge on any atom is -0.378 e. The zero-order chi connectivity index (χ0) is 17.3. The van der Waals surface area contributed by atoms with Crippen LogP contribution < -0.4 is 4.90 Å². The van der Waals surface area contributed by atoms with Crippen molar-refractivity contribution >= 4 is 23.3 Å². The van der Waals surface area contributed by atoms with Gasteiger partial charge in [0, 0.05) is 31.2 Å². The number of aliphatic hydroxyl groups excluding tert-OH is 1. The normalized spacial score (nSPS) is 14.9. The molecular formula is C17H19ClN4O2. The SMILES string of the molecule is CN(C)c1ncnc2c1CCN(C(=O)[C@@H](O)c1ccc(Cl)cc1)C2. The fourth-order valence-corrected chi connectivity index (χ4v) is 3.00. The number of carbonyl (C=O) groups excluding carboxylic acids is 1. The summed E-state index contributed by atoms with van der Waals surface area (Å²) in [5.74, 6) is 0.554. The van der Waals surface area contributed by atoms with Crippen LogP contribution in [0.1, 0.15) is 22.9 Å². The molecule has 1 aliphatic rings. The second kappa shape index (κ2) is 6.75. The lowest BCUT2D eigenvalue weighted by atomic mass is 10.0. The summed E-state index contributed by atoms with van der Waals surface area (Å²) in [5.41, 5.74) is 2.43. The van der Waals surface area contributed by atoms with Crippen molar-refractivity contribution < 1.29 is 9.90 Å². The molecule has 0 saturated heterocycles. The third kappa shape index (κ3) is 3.20. The van der Waals surface area contributed by atoms with Gasteiger partial charge in [0.25, 0.3) is 5.91 Å². The van der Waals surface area contributed by atoms with Crippen molar-refractivity contribution in [2.24, 2.45) is 0 Å². The fourth-order valence-electron chi connectivity index (χ4n) is 2.87. The van der Waals surface area contributed by atoms with Crippen LogP contribution in [-0.4, -0.2) is 46.5 Å². The number of fused-ring (bicyclic) bond motifs is 1. The number of aromatic nitrogens is 2. The van der Waals surface area contributed by atoms with E-state index in [0.717, 1.165) is 17.1 Å². The van der Waals surface area contributed by atoms with Crippen molar-refractivity contribution in [2.75, 3.05) is 25.5 Å². The Balaban J connectivity index is 1.79. The van der Waals surface area contributed by atoms with E-state index in [2.05, 4.69) is 9.97 Å². The molecule has 0 saturated carbocycles. The van der Waals surface area contributed by atoms with E-state index in [1.807, 2.05) is 19.0 Å². The lowest BCUT2D eigenvalue weighted by molar-refractivity contribution is -0.141. The predicted octanol–water partition coefficient (Wildman–Crippen LogP) is 1.81. The minimum atomic E-state index is -1.20. The van der Waals surface area contributed by atoms with Crippen LogP contribution in [0.3, 0.4) is 0 Å². The third-order valence-electron chi connectivity index (χ3n) is 4.14. The van der Waals surface area contributed by atoms with Gasteiger partial charge in [0.2, 0.25) is 0 Å². The fraction of sp³-hybridized carbons (Fsp3) is 0.353. The maximum atomic E-state index is 12.6. The Kier molecular flexibility index (Phi) is 4.69. The monoisotopic (exact) mass is 346 g/mol. The van der Waals surface area contributed by atoms with Crippen LogP contribution in [0, 0.1) is 0 Å². The molecule has 24 heavy (non-hydrogen) atoms. The van der Waals surface area contributed by atoms with Crippen LogP contribution in [-0.2, 0) is 17.8 Å². The van der Waals surface area contributed by atoms with Crippen molar-refractivity contribution in [3.8, 4) is 0 Å². The number of benzene rings is 1. The Bertz CT molecular complexity index is 749. The first-order valence-electron chi connectivity index (χ1n) is 7.69. The molecule has 126 valence electrons. The number of halogens is 1. The van der Waals surface area contributed by atoms with Gasteiger partial charge in [-0.25, -0.2) is 9.97 Å². The van der Waals surface area contributed by atoms with Crippen LogP contribution in [0.2, 0.25) is 5.02 Å². The Hall–Kier alpha value is -2.18. The van der Waals surface area contributed by atoms with E-state index in [0.29, 0.717) is 30.1 Å². The van der Waals surface area contributed by atoms with Crippen LogP contribution in [0.25, 0.3) is 0 Å². The molecule has 2 aromatic rings. The number of amides is 1. The van der Waals surface area contributed by atoms with Crippen molar-refractivity contribution in [3.63, 3.8) is 0 Å². The summed E-state index contributed by atoms with van der Waals surface area (Å²) in [4.78, 5) is 24.8. The first-order valence-corrected chi connectivity index (χ1v) is 8.07. The van der Waals surface area contributed by atoms with E-state index < -0.39 is 6.10 Å². The van der Waals surface area contributed by atoms with Crippen molar-refractivity contribution in [3.05, 3.63) is 52.4 Å². The minimum absolute atomic E-state index is 0.326. The number of hydrogen-bond acceptors (Lipinski definition) is 5. The number of nitrogens with zero attached hydrogens (tertiary/aromatic N) is 4. The highest BCUT2D eigenvalue weighted by atomic mass is 35.5. The van der Waals surface area contributed by atoms with Gasteiger partial charge in [-0.2, -0.15) is 0 Å². The molecule has 2 heterocycles. The van der Waals surface area contributed by atoms with Gasteiger partial charge in [-0.05, 0) is 24.1 Å². The molecule has 1 aliphatic heterocycles. The molecule has 1 atom stereocenters. The van der Waals surface area contributed by atoms with Gasteiger partial charge < -0.3 is 14.9 Å². The zero-order valence-electron chi connectivity index (χ0n) is 13.6. The third-order valence-corrected chi connectivity index (χ3v) is 4.39. The molecule has 1 aromatic heterocycles. The highest BCUT2D eigenvalue weighted by Crippen LogP contribution is 2.26. The van der Waals surface area contributed by atoms with Crippen LogP contribution in [0.15, 0.2) is 30.6 Å². The Morgan fingerprint density at radius 1 is 1.29 bits per heavy atom. The number of anilines is 1. The van der Waals surface area contributed by atoms with Crippen molar-refractivity contribution in [1.29, 1.82) is 0 Å². The van der Waals surface area contributed by atoms with Gasteiger partial charge in [0.05, 0.1) is 12.2 Å². The van der Waals surface area contributed by atoms with E-state index >= 15 is 0 Å². The van der Waals surface area contributed by atoms with Gasteiger partial charge in [-0.3, -0.25) is 4.79 Å². The highest BCUT2D eigenvalue weighted by Gasteiger charge is 2.29. The number of carbonyl (C=O) groups is 1. The van der Waals surface area contributed by atoms with Gasteiger partial charge in [0.1, 0.15) is 12.1 Å².